The highest BCUT2D eigenvalue weighted by Gasteiger charge is 2.59. The molecule has 8 atom stereocenters. The summed E-state index contributed by atoms with van der Waals surface area (Å²) in [7, 11) is 0. The molecule has 4 aliphatic rings. The number of hydrogen-bond donors (Lipinski definition) is 0. The van der Waals surface area contributed by atoms with Crippen molar-refractivity contribution in [1.82, 2.24) is 0 Å². The number of rotatable bonds is 4. The Kier molecular flexibility index (Phi) is 6.20. The summed E-state index contributed by atoms with van der Waals surface area (Å²) in [4.78, 5) is 24.1. The van der Waals surface area contributed by atoms with Gasteiger partial charge in [-0.25, -0.2) is 0 Å². The molecule has 0 saturated heterocycles. The van der Waals surface area contributed by atoms with Gasteiger partial charge in [0.1, 0.15) is 6.10 Å². The Hall–Kier alpha value is -0.770. The number of allylic oxidation sites excluding steroid dienone is 1. The molecule has 0 N–H and O–H groups in total. The molecule has 30 heavy (non-hydrogen) atoms. The van der Waals surface area contributed by atoms with E-state index < -0.39 is 0 Å². The van der Waals surface area contributed by atoms with E-state index in [0.29, 0.717) is 16.4 Å². The molecule has 0 amide bonds. The maximum atomic E-state index is 12.7. The Morgan fingerprint density at radius 2 is 1.93 bits per heavy atom. The summed E-state index contributed by atoms with van der Waals surface area (Å²) in [5.41, 5.74) is 2.15. The van der Waals surface area contributed by atoms with Crippen LogP contribution < -0.4 is 0 Å². The summed E-state index contributed by atoms with van der Waals surface area (Å²) in [6, 6.07) is 0. The summed E-state index contributed by atoms with van der Waals surface area (Å²) < 4.78 is 5.58. The van der Waals surface area contributed by atoms with Crippen LogP contribution in [-0.4, -0.2) is 22.9 Å². The van der Waals surface area contributed by atoms with E-state index in [-0.39, 0.29) is 23.4 Å². The third-order valence-electron chi connectivity index (χ3n) is 9.73. The molecule has 0 aromatic rings. The number of thioether (sulfide) groups is 1. The lowest BCUT2D eigenvalue weighted by atomic mass is 9.47. The smallest absolute Gasteiger partial charge is 0.302 e. The molecule has 3 fully saturated rings. The van der Waals surface area contributed by atoms with Crippen LogP contribution in [0.4, 0.5) is 0 Å². The molecule has 0 heterocycles. The fourth-order valence-electron chi connectivity index (χ4n) is 8.26. The summed E-state index contributed by atoms with van der Waals surface area (Å²) in [5, 5.41) is 0.410. The normalized spacial score (nSPS) is 43.6. The van der Waals surface area contributed by atoms with Crippen molar-refractivity contribution >= 4 is 22.8 Å². The van der Waals surface area contributed by atoms with Crippen LogP contribution in [0.1, 0.15) is 86.0 Å². The van der Waals surface area contributed by atoms with Crippen LogP contribution in [0.5, 0.6) is 0 Å². The summed E-state index contributed by atoms with van der Waals surface area (Å²) in [5.74, 6) is 3.75. The number of ether oxygens (including phenoxy) is 1. The molecule has 4 aliphatic carbocycles. The van der Waals surface area contributed by atoms with Crippen LogP contribution in [0.15, 0.2) is 11.6 Å². The van der Waals surface area contributed by atoms with Gasteiger partial charge in [-0.15, -0.1) is 0 Å². The molecule has 0 aromatic heterocycles. The van der Waals surface area contributed by atoms with Gasteiger partial charge >= 0.3 is 5.97 Å². The fourth-order valence-corrected chi connectivity index (χ4v) is 8.97. The van der Waals surface area contributed by atoms with Crippen molar-refractivity contribution in [2.75, 3.05) is 5.75 Å². The zero-order chi connectivity index (χ0) is 21.7. The van der Waals surface area contributed by atoms with Crippen LogP contribution in [0, 0.1) is 40.4 Å². The summed E-state index contributed by atoms with van der Waals surface area (Å²) >= 11 is 1.52. The van der Waals surface area contributed by atoms with E-state index in [1.54, 1.807) is 5.57 Å². The first-order chi connectivity index (χ1) is 14.2. The second-order valence-corrected chi connectivity index (χ2v) is 12.3. The van der Waals surface area contributed by atoms with Gasteiger partial charge in [-0.3, -0.25) is 9.59 Å². The Balaban J connectivity index is 1.54. The lowest BCUT2D eigenvalue weighted by Gasteiger charge is -2.58. The van der Waals surface area contributed by atoms with Gasteiger partial charge in [0.15, 0.2) is 5.12 Å². The van der Waals surface area contributed by atoms with Crippen molar-refractivity contribution in [3.63, 3.8) is 0 Å². The lowest BCUT2D eigenvalue weighted by molar-refractivity contribution is -0.148. The average Bonchev–Trinajstić information content (AvgIpc) is 3.04. The fraction of sp³-hybridized carbons (Fsp3) is 0.846. The largest absolute Gasteiger partial charge is 0.462 e. The molecular formula is C26H40O3S. The number of hydrogen-bond acceptors (Lipinski definition) is 4. The second kappa shape index (κ2) is 8.30. The van der Waals surface area contributed by atoms with E-state index in [2.05, 4.69) is 33.8 Å². The first-order valence-corrected chi connectivity index (χ1v) is 13.2. The van der Waals surface area contributed by atoms with Crippen molar-refractivity contribution in [2.24, 2.45) is 40.4 Å². The molecule has 3 nitrogen and oxygen atoms in total. The second-order valence-electron chi connectivity index (χ2n) is 11.0. The van der Waals surface area contributed by atoms with E-state index in [0.717, 1.165) is 42.8 Å². The lowest BCUT2D eigenvalue weighted by Crippen LogP contribution is -2.51. The van der Waals surface area contributed by atoms with Crippen molar-refractivity contribution in [3.8, 4) is 0 Å². The Morgan fingerprint density at radius 3 is 2.63 bits per heavy atom. The molecule has 0 radical (unpaired) electrons. The standard InChI is InChI=1S/C26H40O3S/c1-6-30-24(28)16(2)21-9-10-22-20-8-7-18-15-19(29-17(3)27)11-13-25(18,4)23(20)12-14-26(21,22)5/h7,16,19-23H,6,8-15H2,1-5H3/t16?,19-,20-,21+,22-,23-,25-,26+/m0/s1. The summed E-state index contributed by atoms with van der Waals surface area (Å²) in [6.07, 6.45) is 12.0. The predicted octanol–water partition coefficient (Wildman–Crippen LogP) is 6.41. The molecule has 168 valence electrons. The summed E-state index contributed by atoms with van der Waals surface area (Å²) in [6.45, 7) is 10.8. The minimum atomic E-state index is -0.145. The van der Waals surface area contributed by atoms with Gasteiger partial charge in [-0.1, -0.05) is 51.1 Å². The van der Waals surface area contributed by atoms with Crippen LogP contribution in [0.25, 0.3) is 0 Å². The van der Waals surface area contributed by atoms with Crippen LogP contribution in [-0.2, 0) is 14.3 Å². The van der Waals surface area contributed by atoms with Crippen LogP contribution in [0.3, 0.4) is 0 Å². The molecular weight excluding hydrogens is 392 g/mol. The highest BCUT2D eigenvalue weighted by molar-refractivity contribution is 8.13. The van der Waals surface area contributed by atoms with Gasteiger partial charge in [0.05, 0.1) is 0 Å². The minimum Gasteiger partial charge on any atom is -0.462 e. The monoisotopic (exact) mass is 432 g/mol. The Bertz CT molecular complexity index is 730. The van der Waals surface area contributed by atoms with E-state index in [4.69, 9.17) is 4.74 Å². The van der Waals surface area contributed by atoms with Crippen molar-refractivity contribution < 1.29 is 14.3 Å². The van der Waals surface area contributed by atoms with E-state index in [1.165, 1.54) is 50.8 Å². The van der Waals surface area contributed by atoms with Crippen LogP contribution >= 0.6 is 11.8 Å². The minimum absolute atomic E-state index is 0.0750. The van der Waals surface area contributed by atoms with Crippen molar-refractivity contribution in [1.29, 1.82) is 0 Å². The predicted molar refractivity (Wildman–Crippen MR) is 123 cm³/mol. The molecule has 0 aromatic carbocycles. The SMILES string of the molecule is CCSC(=O)C(C)[C@H]1CC[C@H]2[C@@H]3CC=C4C[C@@H](OC(C)=O)CC[C@]4(C)[C@H]3CC[C@]12C. The topological polar surface area (TPSA) is 43.4 Å². The van der Waals surface area contributed by atoms with Gasteiger partial charge < -0.3 is 4.74 Å². The molecule has 0 spiro atoms. The van der Waals surface area contributed by atoms with E-state index in [1.807, 2.05) is 0 Å². The van der Waals surface area contributed by atoms with Crippen molar-refractivity contribution in [3.05, 3.63) is 11.6 Å². The third kappa shape index (κ3) is 3.59. The molecule has 0 aliphatic heterocycles. The number of carbonyl (C=O) groups is 2. The van der Waals surface area contributed by atoms with Gasteiger partial charge in [0.25, 0.3) is 0 Å². The van der Waals surface area contributed by atoms with Crippen LogP contribution in [0.2, 0.25) is 0 Å². The first kappa shape index (κ1) is 22.4. The third-order valence-corrected chi connectivity index (χ3v) is 10.7. The quantitative estimate of drug-likeness (QED) is 0.380. The average molecular weight is 433 g/mol. The zero-order valence-electron chi connectivity index (χ0n) is 19.5. The van der Waals surface area contributed by atoms with Gasteiger partial charge in [-0.05, 0) is 85.2 Å². The van der Waals surface area contributed by atoms with E-state index in [9.17, 15) is 9.59 Å². The van der Waals surface area contributed by atoms with Gasteiger partial charge in [0, 0.05) is 19.3 Å². The highest BCUT2D eigenvalue weighted by atomic mass is 32.2. The Morgan fingerprint density at radius 1 is 1.17 bits per heavy atom. The maximum Gasteiger partial charge on any atom is 0.302 e. The number of esters is 1. The molecule has 4 heteroatoms. The van der Waals surface area contributed by atoms with E-state index >= 15 is 0 Å². The van der Waals surface area contributed by atoms with Crippen molar-refractivity contribution in [2.45, 2.75) is 92.1 Å². The molecule has 0 bridgehead atoms. The zero-order valence-corrected chi connectivity index (χ0v) is 20.4. The number of fused-ring (bicyclic) bond motifs is 5. The van der Waals surface area contributed by atoms with Gasteiger partial charge in [0.2, 0.25) is 0 Å². The number of carbonyl (C=O) groups excluding carboxylic acids is 2. The first-order valence-electron chi connectivity index (χ1n) is 12.2. The van der Waals surface area contributed by atoms with Gasteiger partial charge in [-0.2, -0.15) is 0 Å². The Labute approximate surface area is 187 Å². The maximum absolute atomic E-state index is 12.7. The molecule has 3 saturated carbocycles. The molecule has 4 rings (SSSR count). The molecule has 1 unspecified atom stereocenters. The highest BCUT2D eigenvalue weighted by Crippen LogP contribution is 2.67.